The van der Waals surface area contributed by atoms with Crippen LogP contribution in [0.3, 0.4) is 0 Å². The van der Waals surface area contributed by atoms with E-state index in [0.717, 1.165) is 44.9 Å². The Bertz CT molecular complexity index is 759. The van der Waals surface area contributed by atoms with Crippen LogP contribution in [-0.4, -0.2) is 39.4 Å². The Morgan fingerprint density at radius 2 is 1.89 bits per heavy atom. The van der Waals surface area contributed by atoms with Gasteiger partial charge in [0.15, 0.2) is 5.78 Å². The number of hydrogen-bond acceptors (Lipinski definition) is 3. The molecule has 4 nitrogen and oxygen atoms in total. The molecule has 0 aromatic heterocycles. The zero-order valence-electron chi connectivity index (χ0n) is 17.1. The molecule has 0 aromatic carbocycles. The number of hydrogen-bond donors (Lipinski definition) is 1. The summed E-state index contributed by atoms with van der Waals surface area (Å²) in [6, 6.07) is 0.132. The quantitative estimate of drug-likeness (QED) is 0.567. The summed E-state index contributed by atoms with van der Waals surface area (Å²) in [6.07, 6.45) is 9.39. The standard InChI is InChI=1S/C23H33NO3/c1-13(25)23-20(24(23)14(2)26)12-19-17-6-5-15-11-16(27)7-9-21(15,3)18(17)8-10-22(19,23)4/h5,16-20,27H,6-12H2,1-4H3/t16-,17+,18+,19+,20+,21-,22-,23+,24?/m0/s1. The Labute approximate surface area is 162 Å². The lowest BCUT2D eigenvalue weighted by Gasteiger charge is -2.58. The van der Waals surface area contributed by atoms with Crippen molar-refractivity contribution in [2.75, 3.05) is 0 Å². The first-order valence-electron chi connectivity index (χ1n) is 10.9. The lowest BCUT2D eigenvalue weighted by atomic mass is 9.46. The normalized spacial score (nSPS) is 52.9. The highest BCUT2D eigenvalue weighted by atomic mass is 16.3. The van der Waals surface area contributed by atoms with Crippen molar-refractivity contribution in [1.29, 1.82) is 0 Å². The molecule has 1 amide bonds. The van der Waals surface area contributed by atoms with Crippen molar-refractivity contribution in [1.82, 2.24) is 4.90 Å². The molecular formula is C23H33NO3. The molecule has 0 bridgehead atoms. The van der Waals surface area contributed by atoms with Crippen molar-refractivity contribution < 1.29 is 14.7 Å². The second kappa shape index (κ2) is 5.25. The fourth-order valence-electron chi connectivity index (χ4n) is 8.66. The van der Waals surface area contributed by atoms with Crippen LogP contribution in [0.25, 0.3) is 0 Å². The number of likely N-dealkylation sites (tertiary alicyclic amines) is 1. The van der Waals surface area contributed by atoms with E-state index in [1.54, 1.807) is 13.8 Å². The van der Waals surface area contributed by atoms with E-state index in [-0.39, 0.29) is 34.7 Å². The summed E-state index contributed by atoms with van der Waals surface area (Å²) in [5, 5.41) is 10.2. The first-order chi connectivity index (χ1) is 12.7. The molecule has 1 heterocycles. The predicted octanol–water partition coefficient (Wildman–Crippen LogP) is 3.48. The van der Waals surface area contributed by atoms with E-state index in [1.807, 2.05) is 4.90 Å². The minimum atomic E-state index is -0.526. The van der Waals surface area contributed by atoms with Gasteiger partial charge < -0.3 is 10.0 Å². The van der Waals surface area contributed by atoms with Gasteiger partial charge in [-0.1, -0.05) is 25.5 Å². The lowest BCUT2D eigenvalue weighted by Crippen LogP contribution is -2.56. The van der Waals surface area contributed by atoms with Gasteiger partial charge in [0.1, 0.15) is 5.54 Å². The molecule has 0 aromatic rings. The van der Waals surface area contributed by atoms with Crippen LogP contribution in [-0.2, 0) is 9.59 Å². The van der Waals surface area contributed by atoms with E-state index < -0.39 is 5.54 Å². The van der Waals surface area contributed by atoms with Crippen LogP contribution < -0.4 is 0 Å². The van der Waals surface area contributed by atoms with E-state index in [9.17, 15) is 14.7 Å². The van der Waals surface area contributed by atoms with Crippen LogP contribution in [0.1, 0.15) is 72.6 Å². The van der Waals surface area contributed by atoms with E-state index in [1.165, 1.54) is 5.57 Å². The van der Waals surface area contributed by atoms with Crippen LogP contribution in [0, 0.1) is 28.6 Å². The largest absolute Gasteiger partial charge is 0.393 e. The average Bonchev–Trinajstić information content (AvgIpc) is 3.21. The lowest BCUT2D eigenvalue weighted by molar-refractivity contribution is -0.139. The van der Waals surface area contributed by atoms with Crippen LogP contribution in [0.2, 0.25) is 0 Å². The second-order valence-corrected chi connectivity index (χ2v) is 10.6. The van der Waals surface area contributed by atoms with Crippen molar-refractivity contribution in [3.05, 3.63) is 11.6 Å². The third kappa shape index (κ3) is 1.89. The molecule has 4 fully saturated rings. The Hall–Kier alpha value is -1.16. The third-order valence-electron chi connectivity index (χ3n) is 9.80. The Balaban J connectivity index is 1.52. The minimum Gasteiger partial charge on any atom is -0.393 e. The highest BCUT2D eigenvalue weighted by Gasteiger charge is 2.82. The fraction of sp³-hybridized carbons (Fsp3) is 0.826. The maximum absolute atomic E-state index is 12.8. The van der Waals surface area contributed by atoms with E-state index >= 15 is 0 Å². The van der Waals surface area contributed by atoms with Gasteiger partial charge in [0.05, 0.1) is 12.1 Å². The maximum atomic E-state index is 12.8. The zero-order valence-corrected chi connectivity index (χ0v) is 17.1. The van der Waals surface area contributed by atoms with Gasteiger partial charge in [-0.15, -0.1) is 0 Å². The molecule has 5 aliphatic rings. The number of aliphatic hydroxyl groups excluding tert-OH is 1. The molecule has 1 N–H and O–H groups in total. The number of fused-ring (bicyclic) bond motifs is 7. The highest BCUT2D eigenvalue weighted by Crippen LogP contribution is 2.74. The summed E-state index contributed by atoms with van der Waals surface area (Å²) >= 11 is 0. The summed E-state index contributed by atoms with van der Waals surface area (Å²) in [5.74, 6) is 2.07. The Morgan fingerprint density at radius 3 is 2.56 bits per heavy atom. The van der Waals surface area contributed by atoms with Crippen molar-refractivity contribution >= 4 is 11.7 Å². The first-order valence-corrected chi connectivity index (χ1v) is 10.9. The molecule has 27 heavy (non-hydrogen) atoms. The van der Waals surface area contributed by atoms with Crippen LogP contribution in [0.5, 0.6) is 0 Å². The second-order valence-electron chi connectivity index (χ2n) is 10.6. The summed E-state index contributed by atoms with van der Waals surface area (Å²) in [6.45, 7) is 8.07. The Morgan fingerprint density at radius 1 is 1.15 bits per heavy atom. The molecule has 3 saturated carbocycles. The molecule has 0 radical (unpaired) electrons. The smallest absolute Gasteiger partial charge is 0.220 e. The van der Waals surface area contributed by atoms with Gasteiger partial charge in [-0.3, -0.25) is 9.59 Å². The van der Waals surface area contributed by atoms with Crippen LogP contribution >= 0.6 is 0 Å². The molecule has 4 aliphatic carbocycles. The molecule has 0 unspecified atom stereocenters. The Kier molecular flexibility index (Phi) is 3.48. The van der Waals surface area contributed by atoms with E-state index in [2.05, 4.69) is 19.9 Å². The predicted molar refractivity (Wildman–Crippen MR) is 103 cm³/mol. The zero-order chi connectivity index (χ0) is 19.4. The number of allylic oxidation sites excluding steroid dienone is 1. The number of Topliss-reactive ketones (excluding diaryl/α,β-unsaturated/α-hetero) is 1. The molecule has 148 valence electrons. The van der Waals surface area contributed by atoms with Gasteiger partial charge in [0.2, 0.25) is 5.91 Å². The minimum absolute atomic E-state index is 0.0658. The number of nitrogens with zero attached hydrogens (tertiary/aromatic N) is 1. The fourth-order valence-corrected chi connectivity index (χ4v) is 8.66. The molecule has 5 rings (SSSR count). The number of rotatable bonds is 1. The van der Waals surface area contributed by atoms with Gasteiger partial charge >= 0.3 is 0 Å². The molecular weight excluding hydrogens is 338 g/mol. The molecule has 1 aliphatic heterocycles. The van der Waals surface area contributed by atoms with Gasteiger partial charge in [-0.2, -0.15) is 0 Å². The average molecular weight is 372 g/mol. The monoisotopic (exact) mass is 371 g/mol. The SMILES string of the molecule is CC(=O)N1[C@@H]2C[C@@H]3[C@@H]4CC=C5C[C@@H](O)CC[C@]5(C)[C@@H]4CC[C@]3(C)[C@@]21C(C)=O. The van der Waals surface area contributed by atoms with Gasteiger partial charge in [0, 0.05) is 12.3 Å². The van der Waals surface area contributed by atoms with Gasteiger partial charge in [-0.25, -0.2) is 0 Å². The van der Waals surface area contributed by atoms with Crippen molar-refractivity contribution in [3.8, 4) is 0 Å². The topological polar surface area (TPSA) is 57.4 Å². The third-order valence-corrected chi connectivity index (χ3v) is 9.80. The van der Waals surface area contributed by atoms with Crippen LogP contribution in [0.4, 0.5) is 0 Å². The number of aliphatic hydroxyl groups is 1. The number of amides is 1. The molecule has 0 spiro atoms. The van der Waals surface area contributed by atoms with Gasteiger partial charge in [0.25, 0.3) is 0 Å². The first kappa shape index (κ1) is 17.9. The van der Waals surface area contributed by atoms with Gasteiger partial charge in [-0.05, 0) is 75.0 Å². The number of ketones is 1. The van der Waals surface area contributed by atoms with Crippen LogP contribution in [0.15, 0.2) is 11.6 Å². The number of carbonyl (C=O) groups excluding carboxylic acids is 2. The molecule has 1 saturated heterocycles. The highest BCUT2D eigenvalue weighted by molar-refractivity contribution is 5.99. The van der Waals surface area contributed by atoms with Crippen molar-refractivity contribution in [2.24, 2.45) is 28.6 Å². The van der Waals surface area contributed by atoms with Crippen molar-refractivity contribution in [2.45, 2.75) is 90.3 Å². The summed E-state index contributed by atoms with van der Waals surface area (Å²) in [5.41, 5.74) is 1.11. The van der Waals surface area contributed by atoms with E-state index in [0.29, 0.717) is 17.8 Å². The molecule has 8 atom stereocenters. The summed E-state index contributed by atoms with van der Waals surface area (Å²) in [7, 11) is 0. The van der Waals surface area contributed by atoms with E-state index in [4.69, 9.17) is 0 Å². The number of carbonyl (C=O) groups is 2. The molecule has 4 heteroatoms. The maximum Gasteiger partial charge on any atom is 0.220 e. The number of piperidine rings is 1. The summed E-state index contributed by atoms with van der Waals surface area (Å²) < 4.78 is 0. The van der Waals surface area contributed by atoms with Crippen molar-refractivity contribution in [3.63, 3.8) is 0 Å². The summed E-state index contributed by atoms with van der Waals surface area (Å²) in [4.78, 5) is 27.0.